The summed E-state index contributed by atoms with van der Waals surface area (Å²) in [7, 11) is 3.07. The average molecular weight is 399 g/mol. The number of H-pyrrole nitrogens is 1. The van der Waals surface area contributed by atoms with E-state index in [1.807, 2.05) is 12.1 Å². The Morgan fingerprint density at radius 1 is 1.14 bits per heavy atom. The molecule has 0 radical (unpaired) electrons. The van der Waals surface area contributed by atoms with Crippen molar-refractivity contribution < 1.29 is 19.0 Å². The average Bonchev–Trinajstić information content (AvgIpc) is 2.71. The summed E-state index contributed by atoms with van der Waals surface area (Å²) in [6.45, 7) is 2.16. The second-order valence-corrected chi connectivity index (χ2v) is 6.31. The summed E-state index contributed by atoms with van der Waals surface area (Å²) in [4.78, 5) is 43.7. The number of carbonyl (C=O) groups is 1. The van der Waals surface area contributed by atoms with E-state index in [0.717, 1.165) is 5.56 Å². The summed E-state index contributed by atoms with van der Waals surface area (Å²) in [5, 5.41) is 0.127. The van der Waals surface area contributed by atoms with Crippen LogP contribution in [0.3, 0.4) is 0 Å². The van der Waals surface area contributed by atoms with Gasteiger partial charge in [-0.05, 0) is 30.7 Å². The number of methoxy groups -OCH3 is 2. The Kier molecular flexibility index (Phi) is 6.08. The molecule has 0 unspecified atom stereocenters. The number of rotatable bonds is 7. The second-order valence-electron chi connectivity index (χ2n) is 6.31. The third-order valence-corrected chi connectivity index (χ3v) is 4.40. The fraction of sp³-hybridized carbons (Fsp3) is 0.300. The van der Waals surface area contributed by atoms with Crippen LogP contribution < -0.4 is 16.0 Å². The molecule has 0 aliphatic rings. The van der Waals surface area contributed by atoms with E-state index in [1.54, 1.807) is 26.2 Å². The lowest BCUT2D eigenvalue weighted by Crippen LogP contribution is -2.31. The lowest BCUT2D eigenvalue weighted by molar-refractivity contribution is 0.0387. The zero-order valence-electron chi connectivity index (χ0n) is 16.4. The molecule has 9 nitrogen and oxygen atoms in total. The Hall–Kier alpha value is -3.46. The van der Waals surface area contributed by atoms with Crippen molar-refractivity contribution >= 4 is 17.0 Å². The molecule has 0 aliphatic heterocycles. The molecule has 0 spiro atoms. The number of nitrogens with one attached hydrogen (secondary N) is 1. The van der Waals surface area contributed by atoms with Crippen molar-refractivity contribution in [3.05, 3.63) is 68.0 Å². The molecule has 2 heterocycles. The third-order valence-electron chi connectivity index (χ3n) is 4.40. The number of fused-ring (bicyclic) bond motifs is 1. The maximum Gasteiger partial charge on any atom is 0.340 e. The van der Waals surface area contributed by atoms with E-state index >= 15 is 0 Å². The van der Waals surface area contributed by atoms with Crippen molar-refractivity contribution in [1.82, 2.24) is 14.5 Å². The van der Waals surface area contributed by atoms with E-state index in [-0.39, 0.29) is 36.4 Å². The molecular formula is C20H21N3O6. The van der Waals surface area contributed by atoms with Crippen LogP contribution in [-0.4, -0.2) is 47.9 Å². The number of ether oxygens (including phenoxy) is 3. The maximum absolute atomic E-state index is 12.4. The van der Waals surface area contributed by atoms with Crippen molar-refractivity contribution in [2.75, 3.05) is 27.4 Å². The topological polar surface area (TPSA) is 113 Å². The van der Waals surface area contributed by atoms with Gasteiger partial charge in [0.2, 0.25) is 0 Å². The molecular weight excluding hydrogens is 378 g/mol. The first-order valence-electron chi connectivity index (χ1n) is 8.88. The summed E-state index contributed by atoms with van der Waals surface area (Å²) in [6, 6.07) is 8.59. The summed E-state index contributed by atoms with van der Waals surface area (Å²) >= 11 is 0. The van der Waals surface area contributed by atoms with Gasteiger partial charge in [-0.25, -0.2) is 14.6 Å². The van der Waals surface area contributed by atoms with Crippen LogP contribution in [0.25, 0.3) is 11.0 Å². The molecule has 1 aromatic carbocycles. The van der Waals surface area contributed by atoms with E-state index < -0.39 is 17.2 Å². The number of carbonyl (C=O) groups excluding carboxylic acids is 1. The van der Waals surface area contributed by atoms with Gasteiger partial charge in [0.25, 0.3) is 5.56 Å². The molecule has 0 bridgehead atoms. The van der Waals surface area contributed by atoms with Gasteiger partial charge >= 0.3 is 11.7 Å². The van der Waals surface area contributed by atoms with Gasteiger partial charge in [0.05, 0.1) is 36.9 Å². The lowest BCUT2D eigenvalue weighted by atomic mass is 10.1. The van der Waals surface area contributed by atoms with Gasteiger partial charge in [-0.1, -0.05) is 12.1 Å². The minimum absolute atomic E-state index is 0.0835. The molecule has 1 N–H and O–H groups in total. The van der Waals surface area contributed by atoms with Gasteiger partial charge in [-0.2, -0.15) is 0 Å². The number of benzene rings is 1. The van der Waals surface area contributed by atoms with Crippen LogP contribution in [0.15, 0.2) is 39.9 Å². The number of esters is 1. The highest BCUT2D eigenvalue weighted by atomic mass is 16.6. The van der Waals surface area contributed by atoms with E-state index in [0.29, 0.717) is 11.4 Å². The largest absolute Gasteiger partial charge is 0.497 e. The predicted molar refractivity (Wildman–Crippen MR) is 106 cm³/mol. The van der Waals surface area contributed by atoms with Crippen LogP contribution >= 0.6 is 0 Å². The Labute approximate surface area is 165 Å². The van der Waals surface area contributed by atoms with Crippen LogP contribution in [0.5, 0.6) is 5.75 Å². The van der Waals surface area contributed by atoms with Gasteiger partial charge in [0.15, 0.2) is 0 Å². The standard InChI is InChI=1S/C20H21N3O6/c1-12-15(19(25)29-9-8-27-2)10-16-17(21-12)23(20(26)22-18(16)24)11-13-4-6-14(28-3)7-5-13/h4-7,10H,8-9,11H2,1-3H3,(H,22,24,26). The second kappa shape index (κ2) is 8.70. The summed E-state index contributed by atoms with van der Waals surface area (Å²) in [6.07, 6.45) is 0. The molecule has 2 aromatic heterocycles. The Bertz CT molecular complexity index is 1150. The van der Waals surface area contributed by atoms with Crippen molar-refractivity contribution in [3.8, 4) is 5.75 Å². The normalized spacial score (nSPS) is 10.9. The van der Waals surface area contributed by atoms with Crippen molar-refractivity contribution in [2.45, 2.75) is 13.5 Å². The number of hydrogen-bond acceptors (Lipinski definition) is 7. The quantitative estimate of drug-likeness (QED) is 0.470. The molecule has 29 heavy (non-hydrogen) atoms. The molecule has 0 aliphatic carbocycles. The maximum atomic E-state index is 12.4. The van der Waals surface area contributed by atoms with Crippen molar-refractivity contribution in [3.63, 3.8) is 0 Å². The van der Waals surface area contributed by atoms with E-state index in [1.165, 1.54) is 17.7 Å². The van der Waals surface area contributed by atoms with Crippen molar-refractivity contribution in [2.24, 2.45) is 0 Å². The Morgan fingerprint density at radius 2 is 1.86 bits per heavy atom. The highest BCUT2D eigenvalue weighted by molar-refractivity contribution is 5.94. The van der Waals surface area contributed by atoms with Crippen LogP contribution in [0, 0.1) is 6.92 Å². The van der Waals surface area contributed by atoms with Crippen LogP contribution in [0.4, 0.5) is 0 Å². The van der Waals surface area contributed by atoms with Gasteiger partial charge in [-0.15, -0.1) is 0 Å². The predicted octanol–water partition coefficient (Wildman–Crippen LogP) is 1.25. The van der Waals surface area contributed by atoms with Crippen molar-refractivity contribution in [1.29, 1.82) is 0 Å². The highest BCUT2D eigenvalue weighted by Gasteiger charge is 2.17. The van der Waals surface area contributed by atoms with Gasteiger partial charge in [-0.3, -0.25) is 14.3 Å². The minimum Gasteiger partial charge on any atom is -0.497 e. The number of nitrogens with zero attached hydrogens (tertiary/aromatic N) is 2. The van der Waals surface area contributed by atoms with Crippen LogP contribution in [-0.2, 0) is 16.0 Å². The summed E-state index contributed by atoms with van der Waals surface area (Å²) in [5.74, 6) is 0.0827. The van der Waals surface area contributed by atoms with Gasteiger partial charge in [0, 0.05) is 7.11 Å². The fourth-order valence-electron chi connectivity index (χ4n) is 2.86. The smallest absolute Gasteiger partial charge is 0.340 e. The van der Waals surface area contributed by atoms with Gasteiger partial charge < -0.3 is 14.2 Å². The monoisotopic (exact) mass is 399 g/mol. The number of pyridine rings is 1. The zero-order valence-corrected chi connectivity index (χ0v) is 16.4. The third kappa shape index (κ3) is 4.35. The van der Waals surface area contributed by atoms with Crippen LogP contribution in [0.2, 0.25) is 0 Å². The zero-order chi connectivity index (χ0) is 21.0. The number of aromatic nitrogens is 3. The molecule has 3 rings (SSSR count). The minimum atomic E-state index is -0.616. The molecule has 152 valence electrons. The lowest BCUT2D eigenvalue weighted by Gasteiger charge is -2.12. The first-order chi connectivity index (χ1) is 13.9. The van der Waals surface area contributed by atoms with E-state index in [9.17, 15) is 14.4 Å². The molecule has 0 atom stereocenters. The molecule has 0 amide bonds. The first-order valence-corrected chi connectivity index (χ1v) is 8.88. The van der Waals surface area contributed by atoms with Gasteiger partial charge in [0.1, 0.15) is 18.0 Å². The molecule has 0 saturated heterocycles. The summed E-state index contributed by atoms with van der Waals surface area (Å²) < 4.78 is 16.5. The first kappa shape index (κ1) is 20.3. The number of aromatic amines is 1. The Morgan fingerprint density at radius 3 is 2.52 bits per heavy atom. The molecule has 3 aromatic rings. The van der Waals surface area contributed by atoms with E-state index in [4.69, 9.17) is 14.2 Å². The number of hydrogen-bond donors (Lipinski definition) is 1. The van der Waals surface area contributed by atoms with Crippen LogP contribution in [0.1, 0.15) is 21.6 Å². The fourth-order valence-corrected chi connectivity index (χ4v) is 2.86. The van der Waals surface area contributed by atoms with E-state index in [2.05, 4.69) is 9.97 Å². The number of aryl methyl sites for hydroxylation is 1. The Balaban J connectivity index is 2.04. The highest BCUT2D eigenvalue weighted by Crippen LogP contribution is 2.16. The molecule has 0 saturated carbocycles. The summed E-state index contributed by atoms with van der Waals surface area (Å²) in [5.41, 5.74) is 0.335. The SMILES string of the molecule is COCCOC(=O)c1cc2c(=O)[nH]c(=O)n(Cc3ccc(OC)cc3)c2nc1C. The molecule has 0 fully saturated rings. The molecule has 9 heteroatoms.